The number of aromatic nitrogens is 1. The zero-order valence-electron chi connectivity index (χ0n) is 11.9. The van der Waals surface area contributed by atoms with E-state index in [9.17, 15) is 0 Å². The zero-order chi connectivity index (χ0) is 14.0. The van der Waals surface area contributed by atoms with E-state index >= 15 is 0 Å². The number of hydrogen-bond acceptors (Lipinski definition) is 4. The number of rotatable bonds is 3. The normalized spacial score (nSPS) is 11.6. The predicted octanol–water partition coefficient (Wildman–Crippen LogP) is 3.53. The maximum atomic E-state index is 5.74. The Bertz CT molecular complexity index is 568. The summed E-state index contributed by atoms with van der Waals surface area (Å²) in [7, 11) is 0. The van der Waals surface area contributed by atoms with E-state index in [1.165, 1.54) is 11.8 Å². The van der Waals surface area contributed by atoms with Crippen LogP contribution in [0, 0.1) is 6.92 Å². The second kappa shape index (κ2) is 5.05. The number of ether oxygens (including phenoxy) is 1. The van der Waals surface area contributed by atoms with E-state index < -0.39 is 0 Å². The van der Waals surface area contributed by atoms with Gasteiger partial charge in [-0.25, -0.2) is 0 Å². The molecule has 0 amide bonds. The van der Waals surface area contributed by atoms with Crippen molar-refractivity contribution in [1.29, 1.82) is 0 Å². The molecule has 0 fully saturated rings. The molecule has 1 heterocycles. The van der Waals surface area contributed by atoms with E-state index in [4.69, 9.17) is 14.9 Å². The van der Waals surface area contributed by atoms with Crippen molar-refractivity contribution in [2.24, 2.45) is 5.73 Å². The van der Waals surface area contributed by atoms with Gasteiger partial charge in [0, 0.05) is 12.1 Å². The average molecular weight is 260 g/mol. The lowest BCUT2D eigenvalue weighted by Gasteiger charge is -2.22. The van der Waals surface area contributed by atoms with Crippen LogP contribution in [-0.4, -0.2) is 4.98 Å². The van der Waals surface area contributed by atoms with E-state index in [-0.39, 0.29) is 11.5 Å². The minimum Gasteiger partial charge on any atom is -0.417 e. The fraction of sp³-hybridized carbons (Fsp3) is 0.400. The standard InChI is InChI=1S/C15H20N2O2/c1-10-5-6-13(12(7-10)15(2,3)4)19-14-17-11(8-16)9-18-14/h5-7,9H,8,16H2,1-4H3. The van der Waals surface area contributed by atoms with Gasteiger partial charge in [0.15, 0.2) is 0 Å². The lowest BCUT2D eigenvalue weighted by atomic mass is 9.85. The lowest BCUT2D eigenvalue weighted by molar-refractivity contribution is 0.324. The van der Waals surface area contributed by atoms with Gasteiger partial charge in [0.25, 0.3) is 0 Å². The highest BCUT2D eigenvalue weighted by molar-refractivity contribution is 5.42. The second-order valence-electron chi connectivity index (χ2n) is 5.66. The van der Waals surface area contributed by atoms with Crippen LogP contribution in [0.25, 0.3) is 0 Å². The average Bonchev–Trinajstić information content (AvgIpc) is 2.78. The maximum Gasteiger partial charge on any atom is 0.399 e. The molecule has 0 aliphatic carbocycles. The van der Waals surface area contributed by atoms with Crippen LogP contribution in [0.1, 0.15) is 37.6 Å². The Labute approximate surface area is 113 Å². The first-order chi connectivity index (χ1) is 8.90. The first-order valence-electron chi connectivity index (χ1n) is 6.33. The molecule has 0 saturated carbocycles. The summed E-state index contributed by atoms with van der Waals surface area (Å²) < 4.78 is 11.0. The van der Waals surface area contributed by atoms with Crippen molar-refractivity contribution < 1.29 is 9.15 Å². The van der Waals surface area contributed by atoms with Gasteiger partial charge in [0.05, 0.1) is 5.69 Å². The lowest BCUT2D eigenvalue weighted by Crippen LogP contribution is -2.12. The summed E-state index contributed by atoms with van der Waals surface area (Å²) in [6.07, 6.45) is 1.75. The minimum atomic E-state index is -0.00928. The highest BCUT2D eigenvalue weighted by atomic mass is 16.6. The molecule has 0 spiro atoms. The topological polar surface area (TPSA) is 61.3 Å². The Morgan fingerprint density at radius 3 is 2.63 bits per heavy atom. The Balaban J connectivity index is 2.34. The van der Waals surface area contributed by atoms with Crippen LogP contribution in [0.2, 0.25) is 0 Å². The summed E-state index contributed by atoms with van der Waals surface area (Å²) in [4.78, 5) is 4.16. The molecule has 0 aliphatic rings. The molecule has 2 rings (SSSR count). The fourth-order valence-corrected chi connectivity index (χ4v) is 1.84. The summed E-state index contributed by atoms with van der Waals surface area (Å²) >= 11 is 0. The van der Waals surface area contributed by atoms with Gasteiger partial charge in [-0.1, -0.05) is 38.5 Å². The van der Waals surface area contributed by atoms with E-state index in [1.807, 2.05) is 12.1 Å². The van der Waals surface area contributed by atoms with Crippen molar-refractivity contribution in [3.8, 4) is 11.8 Å². The van der Waals surface area contributed by atoms with Crippen molar-refractivity contribution >= 4 is 0 Å². The van der Waals surface area contributed by atoms with Crippen LogP contribution in [0.3, 0.4) is 0 Å². The highest BCUT2D eigenvalue weighted by Crippen LogP contribution is 2.34. The number of benzene rings is 1. The summed E-state index contributed by atoms with van der Waals surface area (Å²) in [6, 6.07) is 6.09. The third kappa shape index (κ3) is 3.15. The Hall–Kier alpha value is -1.81. The quantitative estimate of drug-likeness (QED) is 0.917. The molecule has 102 valence electrons. The molecule has 1 aromatic carbocycles. The van der Waals surface area contributed by atoms with Gasteiger partial charge in [0.1, 0.15) is 12.0 Å². The van der Waals surface area contributed by atoms with E-state index in [0.29, 0.717) is 12.2 Å². The zero-order valence-corrected chi connectivity index (χ0v) is 11.9. The molecule has 0 saturated heterocycles. The second-order valence-corrected chi connectivity index (χ2v) is 5.66. The molecule has 19 heavy (non-hydrogen) atoms. The molecular weight excluding hydrogens is 240 g/mol. The number of aryl methyl sites for hydroxylation is 1. The molecular formula is C15H20N2O2. The van der Waals surface area contributed by atoms with Crippen LogP contribution in [-0.2, 0) is 12.0 Å². The van der Waals surface area contributed by atoms with Crippen LogP contribution >= 0.6 is 0 Å². The number of oxazole rings is 1. The van der Waals surface area contributed by atoms with Gasteiger partial charge < -0.3 is 14.9 Å². The summed E-state index contributed by atoms with van der Waals surface area (Å²) in [5.74, 6) is 0.767. The van der Waals surface area contributed by atoms with Crippen molar-refractivity contribution in [3.05, 3.63) is 41.3 Å². The minimum absolute atomic E-state index is 0.00928. The van der Waals surface area contributed by atoms with Gasteiger partial charge in [-0.3, -0.25) is 0 Å². The molecule has 0 unspecified atom stereocenters. The van der Waals surface area contributed by atoms with Gasteiger partial charge in [-0.2, -0.15) is 4.98 Å². The van der Waals surface area contributed by atoms with Crippen LogP contribution in [0.15, 0.2) is 28.9 Å². The predicted molar refractivity (Wildman–Crippen MR) is 74.3 cm³/mol. The van der Waals surface area contributed by atoms with Crippen molar-refractivity contribution in [2.45, 2.75) is 39.7 Å². The number of nitrogens with two attached hydrogens (primary N) is 1. The Morgan fingerprint density at radius 2 is 2.05 bits per heavy atom. The molecule has 4 heteroatoms. The van der Waals surface area contributed by atoms with Crippen molar-refractivity contribution in [1.82, 2.24) is 4.98 Å². The Kier molecular flexibility index (Phi) is 3.62. The van der Waals surface area contributed by atoms with E-state index in [2.05, 4.69) is 38.7 Å². The van der Waals surface area contributed by atoms with Gasteiger partial charge in [-0.15, -0.1) is 0 Å². The van der Waals surface area contributed by atoms with Crippen LogP contribution in [0.4, 0.5) is 0 Å². The van der Waals surface area contributed by atoms with Gasteiger partial charge in [0.2, 0.25) is 0 Å². The molecule has 0 radical (unpaired) electrons. The molecule has 0 bridgehead atoms. The third-order valence-corrected chi connectivity index (χ3v) is 2.88. The van der Waals surface area contributed by atoms with Gasteiger partial charge >= 0.3 is 6.08 Å². The summed E-state index contributed by atoms with van der Waals surface area (Å²) in [6.45, 7) is 8.85. The molecule has 0 aliphatic heterocycles. The smallest absolute Gasteiger partial charge is 0.399 e. The third-order valence-electron chi connectivity index (χ3n) is 2.88. The van der Waals surface area contributed by atoms with Crippen LogP contribution in [0.5, 0.6) is 11.8 Å². The largest absolute Gasteiger partial charge is 0.417 e. The van der Waals surface area contributed by atoms with E-state index in [1.54, 1.807) is 0 Å². The number of nitrogens with zero attached hydrogens (tertiary/aromatic N) is 1. The SMILES string of the molecule is Cc1ccc(Oc2nc(CN)co2)c(C(C)(C)C)c1. The fourth-order valence-electron chi connectivity index (χ4n) is 1.84. The first kappa shape index (κ1) is 13.6. The molecule has 1 aromatic heterocycles. The van der Waals surface area contributed by atoms with E-state index in [0.717, 1.165) is 11.3 Å². The van der Waals surface area contributed by atoms with Crippen molar-refractivity contribution in [3.63, 3.8) is 0 Å². The highest BCUT2D eigenvalue weighted by Gasteiger charge is 2.20. The molecule has 2 N–H and O–H groups in total. The molecule has 2 aromatic rings. The molecule has 0 atom stereocenters. The Morgan fingerprint density at radius 1 is 1.32 bits per heavy atom. The number of hydrogen-bond donors (Lipinski definition) is 1. The maximum absolute atomic E-state index is 5.74. The summed E-state index contributed by atoms with van der Waals surface area (Å²) in [5.41, 5.74) is 8.49. The van der Waals surface area contributed by atoms with Crippen molar-refractivity contribution in [2.75, 3.05) is 0 Å². The molecule has 4 nitrogen and oxygen atoms in total. The van der Waals surface area contributed by atoms with Gasteiger partial charge in [-0.05, 0) is 18.4 Å². The first-order valence-corrected chi connectivity index (χ1v) is 6.33. The summed E-state index contributed by atoms with van der Waals surface area (Å²) in [5, 5.41) is 0. The van der Waals surface area contributed by atoms with Crippen LogP contribution < -0.4 is 10.5 Å². The monoisotopic (exact) mass is 260 g/mol.